The van der Waals surface area contributed by atoms with Crippen molar-refractivity contribution in [2.24, 2.45) is 0 Å². The minimum atomic E-state index is -4.72. The minimum Gasteiger partial charge on any atom is -0.381 e. The molecule has 3 rings (SSSR count). The van der Waals surface area contributed by atoms with Crippen LogP contribution in [0.3, 0.4) is 0 Å². The van der Waals surface area contributed by atoms with Crippen molar-refractivity contribution in [1.29, 1.82) is 0 Å². The van der Waals surface area contributed by atoms with Crippen LogP contribution in [0.1, 0.15) is 35.8 Å². The number of nitrogens with zero attached hydrogens (tertiary/aromatic N) is 3. The Kier molecular flexibility index (Phi) is 4.44. The molecule has 1 aliphatic heterocycles. The molecule has 1 aliphatic rings. The van der Waals surface area contributed by atoms with E-state index in [4.69, 9.17) is 4.74 Å². The zero-order valence-electron chi connectivity index (χ0n) is 13.1. The van der Waals surface area contributed by atoms with E-state index in [2.05, 4.69) is 15.4 Å². The molecule has 0 unspecified atom stereocenters. The topological polar surface area (TPSA) is 69.0 Å². The number of nitrogens with one attached hydrogen (secondary N) is 1. The van der Waals surface area contributed by atoms with Crippen LogP contribution in [-0.4, -0.2) is 40.3 Å². The monoisotopic (exact) mass is 342 g/mol. The van der Waals surface area contributed by atoms with Crippen molar-refractivity contribution >= 4 is 23.0 Å². The molecular weight excluding hydrogens is 325 g/mol. The Labute approximate surface area is 136 Å². The van der Waals surface area contributed by atoms with Gasteiger partial charge in [0.15, 0.2) is 17.6 Å². The number of hydrogen-bond donors (Lipinski definition) is 1. The smallest absolute Gasteiger partial charge is 0.381 e. The van der Waals surface area contributed by atoms with Gasteiger partial charge in [0.25, 0.3) is 0 Å². The Morgan fingerprint density at radius 2 is 2.12 bits per heavy atom. The number of carbonyl (C=O) groups is 1. The van der Waals surface area contributed by atoms with Gasteiger partial charge in [-0.15, -0.1) is 0 Å². The predicted octanol–water partition coefficient (Wildman–Crippen LogP) is 2.87. The van der Waals surface area contributed by atoms with Crippen molar-refractivity contribution in [3.63, 3.8) is 0 Å². The predicted molar refractivity (Wildman–Crippen MR) is 81.1 cm³/mol. The first-order valence-electron chi connectivity index (χ1n) is 7.71. The molecule has 0 atom stereocenters. The Bertz CT molecular complexity index is 751. The van der Waals surface area contributed by atoms with E-state index in [-0.39, 0.29) is 23.7 Å². The number of pyridine rings is 1. The van der Waals surface area contributed by atoms with E-state index in [1.165, 1.54) is 10.9 Å². The summed E-state index contributed by atoms with van der Waals surface area (Å²) in [6, 6.07) is -0.0610. The number of fused-ring (bicyclic) bond motifs is 1. The van der Waals surface area contributed by atoms with Crippen LogP contribution in [0.2, 0.25) is 0 Å². The Morgan fingerprint density at radius 1 is 1.42 bits per heavy atom. The van der Waals surface area contributed by atoms with Crippen molar-refractivity contribution in [3.05, 3.63) is 17.5 Å². The van der Waals surface area contributed by atoms with Crippen LogP contribution in [0.4, 0.5) is 18.9 Å². The van der Waals surface area contributed by atoms with Crippen molar-refractivity contribution in [3.8, 4) is 0 Å². The summed E-state index contributed by atoms with van der Waals surface area (Å²) >= 11 is 0. The number of anilines is 1. The second-order valence-electron chi connectivity index (χ2n) is 5.59. The normalized spacial score (nSPS) is 16.5. The second kappa shape index (κ2) is 6.39. The lowest BCUT2D eigenvalue weighted by Crippen LogP contribution is -2.29. The fourth-order valence-corrected chi connectivity index (χ4v) is 2.87. The number of aryl methyl sites for hydroxylation is 1. The maximum absolute atomic E-state index is 13.4. The van der Waals surface area contributed by atoms with Crippen LogP contribution in [0.15, 0.2) is 6.20 Å². The summed E-state index contributed by atoms with van der Waals surface area (Å²) in [4.78, 5) is 15.1. The first kappa shape index (κ1) is 16.7. The van der Waals surface area contributed by atoms with E-state index >= 15 is 0 Å². The number of halogens is 3. The van der Waals surface area contributed by atoms with Crippen LogP contribution in [0, 0.1) is 0 Å². The van der Waals surface area contributed by atoms with Crippen LogP contribution in [-0.2, 0) is 17.5 Å². The molecule has 0 amide bonds. The molecule has 24 heavy (non-hydrogen) atoms. The highest BCUT2D eigenvalue weighted by Gasteiger charge is 2.38. The van der Waals surface area contributed by atoms with E-state index in [1.807, 2.05) is 0 Å². The highest BCUT2D eigenvalue weighted by molar-refractivity contribution is 6.00. The van der Waals surface area contributed by atoms with E-state index in [1.54, 1.807) is 6.92 Å². The SMILES string of the molecule is CCn1ncc2c(NC3CCOCC3)c(C=O)c(C(F)(F)F)nc21. The maximum Gasteiger partial charge on any atom is 0.434 e. The van der Waals surface area contributed by atoms with Gasteiger partial charge < -0.3 is 10.1 Å². The van der Waals surface area contributed by atoms with Gasteiger partial charge in [0, 0.05) is 25.8 Å². The van der Waals surface area contributed by atoms with Gasteiger partial charge in [-0.25, -0.2) is 9.67 Å². The Hall–Kier alpha value is -2.16. The van der Waals surface area contributed by atoms with E-state index in [0.29, 0.717) is 38.0 Å². The molecule has 1 saturated heterocycles. The maximum atomic E-state index is 13.4. The standard InChI is InChI=1S/C15H17F3N4O2/c1-2-22-14-10(7-19-22)12(20-9-3-5-24-6-4-9)11(8-23)13(21-14)15(16,17)18/h7-9H,2-6H2,1H3,(H,20,21). The lowest BCUT2D eigenvalue weighted by atomic mass is 10.0. The molecule has 9 heteroatoms. The van der Waals surface area contributed by atoms with Crippen molar-refractivity contribution in [2.75, 3.05) is 18.5 Å². The number of aldehydes is 1. The van der Waals surface area contributed by atoms with Gasteiger partial charge >= 0.3 is 6.18 Å². The minimum absolute atomic E-state index is 0.0610. The van der Waals surface area contributed by atoms with Crippen LogP contribution in [0.25, 0.3) is 11.0 Å². The summed E-state index contributed by atoms with van der Waals surface area (Å²) < 4.78 is 46.7. The van der Waals surface area contributed by atoms with Gasteiger partial charge in [-0.3, -0.25) is 4.79 Å². The van der Waals surface area contributed by atoms with Gasteiger partial charge in [0.05, 0.1) is 22.8 Å². The van der Waals surface area contributed by atoms with Gasteiger partial charge in [0.2, 0.25) is 0 Å². The summed E-state index contributed by atoms with van der Waals surface area (Å²) in [5.41, 5.74) is -1.40. The molecule has 0 saturated carbocycles. The molecule has 0 aromatic carbocycles. The molecule has 130 valence electrons. The Morgan fingerprint density at radius 3 is 2.71 bits per heavy atom. The van der Waals surface area contributed by atoms with Crippen LogP contribution in [0.5, 0.6) is 0 Å². The average molecular weight is 342 g/mol. The number of ether oxygens (including phenoxy) is 1. The zero-order chi connectivity index (χ0) is 17.3. The van der Waals surface area contributed by atoms with Crippen molar-refractivity contribution in [1.82, 2.24) is 14.8 Å². The lowest BCUT2D eigenvalue weighted by molar-refractivity contribution is -0.141. The van der Waals surface area contributed by atoms with E-state index in [9.17, 15) is 18.0 Å². The third-order valence-corrected chi connectivity index (χ3v) is 4.08. The van der Waals surface area contributed by atoms with Crippen molar-refractivity contribution in [2.45, 2.75) is 38.5 Å². The van der Waals surface area contributed by atoms with Crippen LogP contribution >= 0.6 is 0 Å². The summed E-state index contributed by atoms with van der Waals surface area (Å²) in [5, 5.41) is 7.58. The molecule has 1 N–H and O–H groups in total. The number of alkyl halides is 3. The molecule has 2 aromatic heterocycles. The number of aromatic nitrogens is 3. The van der Waals surface area contributed by atoms with Gasteiger partial charge in [-0.1, -0.05) is 0 Å². The van der Waals surface area contributed by atoms with E-state index in [0.717, 1.165) is 0 Å². The summed E-state index contributed by atoms with van der Waals surface area (Å²) in [6.07, 6.45) is -1.75. The fourth-order valence-electron chi connectivity index (χ4n) is 2.87. The molecule has 2 aromatic rings. The number of carbonyl (C=O) groups excluding carboxylic acids is 1. The Balaban J connectivity index is 2.19. The highest BCUT2D eigenvalue weighted by Crippen LogP contribution is 2.37. The first-order valence-corrected chi connectivity index (χ1v) is 7.71. The largest absolute Gasteiger partial charge is 0.434 e. The second-order valence-corrected chi connectivity index (χ2v) is 5.59. The quantitative estimate of drug-likeness (QED) is 0.866. The first-order chi connectivity index (χ1) is 11.5. The van der Waals surface area contributed by atoms with Gasteiger partial charge in [-0.05, 0) is 19.8 Å². The number of rotatable bonds is 4. The molecule has 0 bridgehead atoms. The molecule has 6 nitrogen and oxygen atoms in total. The summed E-state index contributed by atoms with van der Waals surface area (Å²) in [5.74, 6) is 0. The molecule has 0 aliphatic carbocycles. The molecule has 3 heterocycles. The summed E-state index contributed by atoms with van der Waals surface area (Å²) in [6.45, 7) is 3.21. The fraction of sp³-hybridized carbons (Fsp3) is 0.533. The van der Waals surface area contributed by atoms with Gasteiger partial charge in [0.1, 0.15) is 0 Å². The van der Waals surface area contributed by atoms with Gasteiger partial charge in [-0.2, -0.15) is 18.3 Å². The van der Waals surface area contributed by atoms with E-state index < -0.39 is 17.4 Å². The van der Waals surface area contributed by atoms with Crippen molar-refractivity contribution < 1.29 is 22.7 Å². The molecular formula is C15H17F3N4O2. The molecule has 0 spiro atoms. The number of hydrogen-bond acceptors (Lipinski definition) is 5. The molecule has 0 radical (unpaired) electrons. The lowest BCUT2D eigenvalue weighted by Gasteiger charge is -2.25. The molecule has 1 fully saturated rings. The van der Waals surface area contributed by atoms with Crippen LogP contribution < -0.4 is 5.32 Å². The third-order valence-electron chi connectivity index (χ3n) is 4.08. The zero-order valence-corrected chi connectivity index (χ0v) is 13.1. The highest BCUT2D eigenvalue weighted by atomic mass is 19.4. The summed E-state index contributed by atoms with van der Waals surface area (Å²) in [7, 11) is 0. The average Bonchev–Trinajstić information content (AvgIpc) is 2.97. The third kappa shape index (κ3) is 2.95.